The molecule has 1 aromatic carbocycles. The van der Waals surface area contributed by atoms with Crippen molar-refractivity contribution in [1.82, 2.24) is 10.2 Å². The molecule has 1 aliphatic rings. The summed E-state index contributed by atoms with van der Waals surface area (Å²) in [5, 5.41) is 3.53. The minimum absolute atomic E-state index is 0.0597. The van der Waals surface area contributed by atoms with Gasteiger partial charge in [0.25, 0.3) is 0 Å². The zero-order valence-electron chi connectivity index (χ0n) is 13.4. The summed E-state index contributed by atoms with van der Waals surface area (Å²) in [6.45, 7) is 6.80. The summed E-state index contributed by atoms with van der Waals surface area (Å²) in [6.07, 6.45) is 1.56. The molecule has 1 aromatic rings. The Hall–Kier alpha value is -1.39. The van der Waals surface area contributed by atoms with Crippen molar-refractivity contribution in [3.63, 3.8) is 0 Å². The lowest BCUT2D eigenvalue weighted by Crippen LogP contribution is -2.44. The highest BCUT2D eigenvalue weighted by Crippen LogP contribution is 2.34. The number of nitrogens with one attached hydrogen (secondary N) is 1. The molecule has 1 amide bonds. The van der Waals surface area contributed by atoms with Crippen LogP contribution in [-0.2, 0) is 9.53 Å². The predicted molar refractivity (Wildman–Crippen MR) is 83.8 cm³/mol. The fourth-order valence-electron chi connectivity index (χ4n) is 2.85. The van der Waals surface area contributed by atoms with Crippen LogP contribution in [0.1, 0.15) is 45.3 Å². The van der Waals surface area contributed by atoms with Crippen LogP contribution in [0.2, 0.25) is 0 Å². The van der Waals surface area contributed by atoms with E-state index in [0.717, 1.165) is 18.4 Å². The Morgan fingerprint density at radius 2 is 2.05 bits per heavy atom. The van der Waals surface area contributed by atoms with E-state index in [1.807, 2.05) is 30.0 Å². The van der Waals surface area contributed by atoms with Crippen molar-refractivity contribution in [1.29, 1.82) is 0 Å². The van der Waals surface area contributed by atoms with Gasteiger partial charge in [-0.2, -0.15) is 0 Å². The Labute approximate surface area is 127 Å². The van der Waals surface area contributed by atoms with Gasteiger partial charge in [-0.15, -0.1) is 0 Å². The second kappa shape index (κ2) is 6.58. The van der Waals surface area contributed by atoms with Crippen LogP contribution in [0.5, 0.6) is 0 Å². The van der Waals surface area contributed by atoms with Gasteiger partial charge in [0, 0.05) is 19.8 Å². The SMILES string of the molecule is CCC1(C)NC(c2ccccc2)N(C(C)CCOC)C1=O. The first-order valence-corrected chi connectivity index (χ1v) is 7.68. The molecule has 3 atom stereocenters. The fourth-order valence-corrected chi connectivity index (χ4v) is 2.85. The molecule has 21 heavy (non-hydrogen) atoms. The van der Waals surface area contributed by atoms with Gasteiger partial charge in [0.15, 0.2) is 0 Å². The van der Waals surface area contributed by atoms with Crippen LogP contribution >= 0.6 is 0 Å². The largest absolute Gasteiger partial charge is 0.385 e. The van der Waals surface area contributed by atoms with Crippen LogP contribution in [0.3, 0.4) is 0 Å². The number of amides is 1. The number of benzene rings is 1. The first-order valence-electron chi connectivity index (χ1n) is 7.68. The third-order valence-corrected chi connectivity index (χ3v) is 4.48. The minimum Gasteiger partial charge on any atom is -0.385 e. The van der Waals surface area contributed by atoms with E-state index in [4.69, 9.17) is 4.74 Å². The molecule has 0 spiro atoms. The fraction of sp³-hybridized carbons (Fsp3) is 0.588. The Morgan fingerprint density at radius 1 is 1.38 bits per heavy atom. The van der Waals surface area contributed by atoms with E-state index in [9.17, 15) is 4.79 Å². The molecule has 1 aliphatic heterocycles. The van der Waals surface area contributed by atoms with Crippen molar-refractivity contribution in [3.8, 4) is 0 Å². The molecule has 0 saturated carbocycles. The Morgan fingerprint density at radius 3 is 2.62 bits per heavy atom. The van der Waals surface area contributed by atoms with E-state index in [2.05, 4.69) is 31.3 Å². The van der Waals surface area contributed by atoms with E-state index >= 15 is 0 Å². The molecule has 1 N–H and O–H groups in total. The van der Waals surface area contributed by atoms with Gasteiger partial charge in [0.2, 0.25) is 5.91 Å². The quantitative estimate of drug-likeness (QED) is 0.876. The van der Waals surface area contributed by atoms with Gasteiger partial charge < -0.3 is 9.64 Å². The Bertz CT molecular complexity index is 477. The average molecular weight is 290 g/mol. The highest BCUT2D eigenvalue weighted by atomic mass is 16.5. The van der Waals surface area contributed by atoms with E-state index in [0.29, 0.717) is 6.61 Å². The van der Waals surface area contributed by atoms with Crippen LogP contribution < -0.4 is 5.32 Å². The normalized spacial score (nSPS) is 27.1. The van der Waals surface area contributed by atoms with Crippen molar-refractivity contribution in [2.75, 3.05) is 13.7 Å². The first-order chi connectivity index (χ1) is 10.0. The molecule has 0 aliphatic carbocycles. The predicted octanol–water partition coefficient (Wildman–Crippen LogP) is 2.71. The molecule has 3 unspecified atom stereocenters. The molecular formula is C17H26N2O2. The molecule has 4 nitrogen and oxygen atoms in total. The number of carbonyl (C=O) groups is 1. The summed E-state index contributed by atoms with van der Waals surface area (Å²) in [6, 6.07) is 10.3. The second-order valence-corrected chi connectivity index (χ2v) is 5.99. The van der Waals surface area contributed by atoms with Gasteiger partial charge >= 0.3 is 0 Å². The molecule has 2 rings (SSSR count). The van der Waals surface area contributed by atoms with Crippen molar-refractivity contribution in [2.24, 2.45) is 0 Å². The maximum Gasteiger partial charge on any atom is 0.244 e. The third kappa shape index (κ3) is 3.11. The Balaban J connectivity index is 2.30. The lowest BCUT2D eigenvalue weighted by atomic mass is 9.99. The molecule has 0 aromatic heterocycles. The zero-order chi connectivity index (χ0) is 15.5. The van der Waals surface area contributed by atoms with E-state index < -0.39 is 5.54 Å². The van der Waals surface area contributed by atoms with Crippen LogP contribution in [0.15, 0.2) is 30.3 Å². The number of carbonyl (C=O) groups excluding carboxylic acids is 1. The number of methoxy groups -OCH3 is 1. The van der Waals surface area contributed by atoms with E-state index in [1.54, 1.807) is 7.11 Å². The van der Waals surface area contributed by atoms with Crippen molar-refractivity contribution in [2.45, 2.75) is 51.4 Å². The van der Waals surface area contributed by atoms with Crippen LogP contribution in [0.25, 0.3) is 0 Å². The third-order valence-electron chi connectivity index (χ3n) is 4.48. The van der Waals surface area contributed by atoms with Crippen molar-refractivity contribution < 1.29 is 9.53 Å². The molecule has 0 radical (unpaired) electrons. The maximum absolute atomic E-state index is 12.9. The smallest absolute Gasteiger partial charge is 0.244 e. The van der Waals surface area contributed by atoms with Gasteiger partial charge in [-0.3, -0.25) is 10.1 Å². The average Bonchev–Trinajstić information content (AvgIpc) is 2.78. The van der Waals surface area contributed by atoms with E-state index in [-0.39, 0.29) is 18.1 Å². The van der Waals surface area contributed by atoms with E-state index in [1.165, 1.54) is 0 Å². The molecule has 1 saturated heterocycles. The van der Waals surface area contributed by atoms with Gasteiger partial charge in [0.1, 0.15) is 6.17 Å². The highest BCUT2D eigenvalue weighted by Gasteiger charge is 2.48. The van der Waals surface area contributed by atoms with Gasteiger partial charge in [-0.05, 0) is 32.3 Å². The van der Waals surface area contributed by atoms with Gasteiger partial charge in [-0.25, -0.2) is 0 Å². The molecule has 1 heterocycles. The number of nitrogens with zero attached hydrogens (tertiary/aromatic N) is 1. The molecule has 4 heteroatoms. The summed E-state index contributed by atoms with van der Waals surface area (Å²) in [5.41, 5.74) is 0.647. The lowest BCUT2D eigenvalue weighted by Gasteiger charge is -2.30. The van der Waals surface area contributed by atoms with Crippen LogP contribution in [0, 0.1) is 0 Å². The van der Waals surface area contributed by atoms with Crippen LogP contribution in [-0.4, -0.2) is 36.1 Å². The molecule has 116 valence electrons. The summed E-state index contributed by atoms with van der Waals surface area (Å²) in [5.74, 6) is 0.183. The maximum atomic E-state index is 12.9. The molecule has 1 fully saturated rings. The number of ether oxygens (including phenoxy) is 1. The van der Waals surface area contributed by atoms with Gasteiger partial charge in [0.05, 0.1) is 5.54 Å². The lowest BCUT2D eigenvalue weighted by molar-refractivity contribution is -0.135. The Kier molecular flexibility index (Phi) is 5.01. The highest BCUT2D eigenvalue weighted by molar-refractivity contribution is 5.88. The minimum atomic E-state index is -0.484. The zero-order valence-corrected chi connectivity index (χ0v) is 13.4. The topological polar surface area (TPSA) is 41.6 Å². The summed E-state index contributed by atoms with van der Waals surface area (Å²) >= 11 is 0. The van der Waals surface area contributed by atoms with Crippen LogP contribution in [0.4, 0.5) is 0 Å². The summed E-state index contributed by atoms with van der Waals surface area (Å²) < 4.78 is 5.17. The monoisotopic (exact) mass is 290 g/mol. The first kappa shape index (κ1) is 16.0. The summed E-state index contributed by atoms with van der Waals surface area (Å²) in [4.78, 5) is 14.9. The second-order valence-electron chi connectivity index (χ2n) is 5.99. The number of rotatable bonds is 6. The standard InChI is InChI=1S/C17H26N2O2/c1-5-17(3)16(20)19(13(2)11-12-21-4)15(18-17)14-9-7-6-8-10-14/h6-10,13,15,18H,5,11-12H2,1-4H3. The molecular weight excluding hydrogens is 264 g/mol. The van der Waals surface area contributed by atoms with Crippen molar-refractivity contribution >= 4 is 5.91 Å². The number of hydrogen-bond acceptors (Lipinski definition) is 3. The van der Waals surface area contributed by atoms with Gasteiger partial charge in [-0.1, -0.05) is 37.3 Å². The molecule has 0 bridgehead atoms. The van der Waals surface area contributed by atoms with Crippen molar-refractivity contribution in [3.05, 3.63) is 35.9 Å². The summed E-state index contributed by atoms with van der Waals surface area (Å²) in [7, 11) is 1.70. The number of hydrogen-bond donors (Lipinski definition) is 1.